The van der Waals surface area contributed by atoms with Crippen LogP contribution in [0.1, 0.15) is 13.3 Å². The van der Waals surface area contributed by atoms with Crippen molar-refractivity contribution in [2.24, 2.45) is 0 Å². The largest absolute Gasteiger partial charge is 0.394 e. The first-order valence-electron chi connectivity index (χ1n) is 6.45. The number of likely N-dealkylation sites (N-methyl/N-ethyl adjacent to an activating group) is 1. The quantitative estimate of drug-likeness (QED) is 0.908. The van der Waals surface area contributed by atoms with Crippen LogP contribution in [-0.4, -0.2) is 48.8 Å². The number of hydrogen-bond donors (Lipinski definition) is 1. The molecular weight excluding hydrogens is 292 g/mol. The Balaban J connectivity index is 2.28. The molecule has 0 bridgehead atoms. The van der Waals surface area contributed by atoms with Crippen LogP contribution in [0.25, 0.3) is 0 Å². The Morgan fingerprint density at radius 2 is 2.00 bits per heavy atom. The fourth-order valence-electron chi connectivity index (χ4n) is 2.67. The van der Waals surface area contributed by atoms with Crippen LogP contribution in [0.3, 0.4) is 0 Å². The minimum Gasteiger partial charge on any atom is -0.394 e. The SMILES string of the molecule is CC1CCN(C)CC(CO)N1c1ccc(Br)cc1. The Kier molecular flexibility index (Phi) is 4.65. The molecule has 1 saturated heterocycles. The van der Waals surface area contributed by atoms with Gasteiger partial charge in [0.05, 0.1) is 12.6 Å². The highest BCUT2D eigenvalue weighted by Gasteiger charge is 2.27. The second-order valence-electron chi connectivity index (χ2n) is 5.12. The summed E-state index contributed by atoms with van der Waals surface area (Å²) in [6, 6.07) is 8.99. The molecule has 1 aromatic carbocycles. The van der Waals surface area contributed by atoms with Crippen LogP contribution in [0.5, 0.6) is 0 Å². The molecule has 2 unspecified atom stereocenters. The molecule has 100 valence electrons. The second kappa shape index (κ2) is 6.04. The van der Waals surface area contributed by atoms with Crippen molar-refractivity contribution in [2.45, 2.75) is 25.4 Å². The van der Waals surface area contributed by atoms with E-state index in [4.69, 9.17) is 0 Å². The van der Waals surface area contributed by atoms with Crippen molar-refractivity contribution >= 4 is 21.6 Å². The summed E-state index contributed by atoms with van der Waals surface area (Å²) >= 11 is 3.47. The molecule has 0 aromatic heterocycles. The number of hydrogen-bond acceptors (Lipinski definition) is 3. The van der Waals surface area contributed by atoms with E-state index < -0.39 is 0 Å². The molecule has 0 aliphatic carbocycles. The third kappa shape index (κ3) is 3.05. The highest BCUT2D eigenvalue weighted by atomic mass is 79.9. The van der Waals surface area contributed by atoms with E-state index in [-0.39, 0.29) is 12.6 Å². The van der Waals surface area contributed by atoms with Crippen molar-refractivity contribution in [3.05, 3.63) is 28.7 Å². The predicted molar refractivity (Wildman–Crippen MR) is 79.1 cm³/mol. The number of aliphatic hydroxyl groups excluding tert-OH is 1. The van der Waals surface area contributed by atoms with Crippen molar-refractivity contribution in [1.82, 2.24) is 4.90 Å². The van der Waals surface area contributed by atoms with Crippen LogP contribution < -0.4 is 4.90 Å². The number of rotatable bonds is 2. The van der Waals surface area contributed by atoms with Crippen LogP contribution in [-0.2, 0) is 0 Å². The van der Waals surface area contributed by atoms with E-state index in [2.05, 4.69) is 64.0 Å². The normalized spacial score (nSPS) is 26.1. The summed E-state index contributed by atoms with van der Waals surface area (Å²) in [5, 5.41) is 9.66. The molecule has 2 atom stereocenters. The van der Waals surface area contributed by atoms with Gasteiger partial charge in [-0.1, -0.05) is 15.9 Å². The van der Waals surface area contributed by atoms with Gasteiger partial charge in [0, 0.05) is 22.7 Å². The molecule has 18 heavy (non-hydrogen) atoms. The number of aliphatic hydroxyl groups is 1. The first-order valence-corrected chi connectivity index (χ1v) is 7.24. The van der Waals surface area contributed by atoms with E-state index in [1.807, 2.05) is 0 Å². The van der Waals surface area contributed by atoms with Crippen LogP contribution in [0.4, 0.5) is 5.69 Å². The summed E-state index contributed by atoms with van der Waals surface area (Å²) in [6.07, 6.45) is 1.13. The standard InChI is InChI=1S/C14H21BrN2O/c1-11-7-8-16(2)9-14(10-18)17(11)13-5-3-12(15)4-6-13/h3-6,11,14,18H,7-10H2,1-2H3. The van der Waals surface area contributed by atoms with E-state index in [9.17, 15) is 5.11 Å². The minimum atomic E-state index is 0.175. The van der Waals surface area contributed by atoms with Crippen molar-refractivity contribution in [3.8, 4) is 0 Å². The Hall–Kier alpha value is -0.580. The third-order valence-electron chi connectivity index (χ3n) is 3.65. The van der Waals surface area contributed by atoms with Crippen LogP contribution in [0.2, 0.25) is 0 Å². The van der Waals surface area contributed by atoms with Crippen LogP contribution in [0.15, 0.2) is 28.7 Å². The second-order valence-corrected chi connectivity index (χ2v) is 6.04. The molecule has 4 heteroatoms. The molecule has 1 aliphatic heterocycles. The number of anilines is 1. The Labute approximate surface area is 118 Å². The van der Waals surface area contributed by atoms with E-state index in [1.165, 1.54) is 5.69 Å². The van der Waals surface area contributed by atoms with E-state index in [0.717, 1.165) is 24.0 Å². The fourth-order valence-corrected chi connectivity index (χ4v) is 2.93. The van der Waals surface area contributed by atoms with E-state index >= 15 is 0 Å². The lowest BCUT2D eigenvalue weighted by Crippen LogP contribution is -2.46. The van der Waals surface area contributed by atoms with Crippen molar-refractivity contribution in [3.63, 3.8) is 0 Å². The lowest BCUT2D eigenvalue weighted by Gasteiger charge is -2.36. The highest BCUT2D eigenvalue weighted by molar-refractivity contribution is 9.10. The summed E-state index contributed by atoms with van der Waals surface area (Å²) in [5.74, 6) is 0. The molecule has 3 nitrogen and oxygen atoms in total. The smallest absolute Gasteiger partial charge is 0.0650 e. The minimum absolute atomic E-state index is 0.175. The van der Waals surface area contributed by atoms with Gasteiger partial charge in [0.1, 0.15) is 0 Å². The molecule has 0 spiro atoms. The topological polar surface area (TPSA) is 26.7 Å². The molecule has 0 radical (unpaired) electrons. The van der Waals surface area contributed by atoms with Crippen molar-refractivity contribution < 1.29 is 5.11 Å². The first-order chi connectivity index (χ1) is 8.61. The number of halogens is 1. The number of nitrogens with zero attached hydrogens (tertiary/aromatic N) is 2. The van der Waals surface area contributed by atoms with Gasteiger partial charge in [0.25, 0.3) is 0 Å². The third-order valence-corrected chi connectivity index (χ3v) is 4.18. The zero-order valence-corrected chi connectivity index (χ0v) is 12.6. The van der Waals surface area contributed by atoms with Crippen molar-refractivity contribution in [1.29, 1.82) is 0 Å². The van der Waals surface area contributed by atoms with Gasteiger partial charge in [0.2, 0.25) is 0 Å². The van der Waals surface area contributed by atoms with Gasteiger partial charge in [-0.3, -0.25) is 0 Å². The maximum Gasteiger partial charge on any atom is 0.0650 e. The summed E-state index contributed by atoms with van der Waals surface area (Å²) in [5.41, 5.74) is 1.19. The molecule has 1 fully saturated rings. The predicted octanol–water partition coefficient (Wildman–Crippen LogP) is 2.34. The van der Waals surface area contributed by atoms with E-state index in [1.54, 1.807) is 0 Å². The molecule has 1 aromatic rings. The van der Waals surface area contributed by atoms with Gasteiger partial charge in [-0.25, -0.2) is 0 Å². The van der Waals surface area contributed by atoms with Gasteiger partial charge in [0.15, 0.2) is 0 Å². The summed E-state index contributed by atoms with van der Waals surface area (Å²) < 4.78 is 1.09. The van der Waals surface area contributed by atoms with Gasteiger partial charge in [-0.2, -0.15) is 0 Å². The molecule has 2 rings (SSSR count). The average Bonchev–Trinajstić information content (AvgIpc) is 2.50. The highest BCUT2D eigenvalue weighted by Crippen LogP contribution is 2.25. The van der Waals surface area contributed by atoms with Crippen LogP contribution in [0, 0.1) is 0 Å². The van der Waals surface area contributed by atoms with Gasteiger partial charge < -0.3 is 14.9 Å². The molecule has 0 saturated carbocycles. The molecule has 1 heterocycles. The zero-order chi connectivity index (χ0) is 13.1. The summed E-state index contributed by atoms with van der Waals surface area (Å²) in [6.45, 7) is 4.44. The Bertz CT molecular complexity index is 382. The Morgan fingerprint density at radius 1 is 1.33 bits per heavy atom. The lowest BCUT2D eigenvalue weighted by atomic mass is 10.1. The molecule has 1 N–H and O–H groups in total. The molecule has 1 aliphatic rings. The number of benzene rings is 1. The fraction of sp³-hybridized carbons (Fsp3) is 0.571. The van der Waals surface area contributed by atoms with Gasteiger partial charge in [-0.05, 0) is 51.2 Å². The average molecular weight is 313 g/mol. The maximum atomic E-state index is 9.66. The summed E-state index contributed by atoms with van der Waals surface area (Å²) in [7, 11) is 2.13. The lowest BCUT2D eigenvalue weighted by molar-refractivity contribution is 0.228. The summed E-state index contributed by atoms with van der Waals surface area (Å²) in [4.78, 5) is 4.66. The van der Waals surface area contributed by atoms with Gasteiger partial charge in [-0.15, -0.1) is 0 Å². The van der Waals surface area contributed by atoms with Crippen molar-refractivity contribution in [2.75, 3.05) is 31.6 Å². The zero-order valence-electron chi connectivity index (χ0n) is 11.0. The molecule has 0 amide bonds. The maximum absolute atomic E-state index is 9.66. The van der Waals surface area contributed by atoms with Gasteiger partial charge >= 0.3 is 0 Å². The first kappa shape index (κ1) is 13.8. The van der Waals surface area contributed by atoms with Crippen LogP contribution >= 0.6 is 15.9 Å². The van der Waals surface area contributed by atoms with E-state index in [0.29, 0.717) is 6.04 Å². The Morgan fingerprint density at radius 3 is 2.61 bits per heavy atom. The monoisotopic (exact) mass is 312 g/mol. The molecular formula is C14H21BrN2O.